The van der Waals surface area contributed by atoms with Gasteiger partial charge >= 0.3 is 0 Å². The number of pyridine rings is 1. The molecule has 0 unspecified atom stereocenters. The van der Waals surface area contributed by atoms with E-state index in [4.69, 9.17) is 9.47 Å². The standard InChI is InChI=1S/C17H20N2O2/c1-20-15-4-2-14-3-5-16(21-17(14)10-15)12-19-11-13-6-8-18-9-7-13/h2,4,6-10,16,19H,3,5,11-12H2,1H3/t16-/m0/s1. The van der Waals surface area contributed by atoms with Gasteiger partial charge in [-0.1, -0.05) is 6.07 Å². The minimum absolute atomic E-state index is 0.214. The van der Waals surface area contributed by atoms with E-state index in [-0.39, 0.29) is 6.10 Å². The van der Waals surface area contributed by atoms with Gasteiger partial charge < -0.3 is 14.8 Å². The van der Waals surface area contributed by atoms with Crippen molar-refractivity contribution in [2.24, 2.45) is 0 Å². The van der Waals surface area contributed by atoms with Gasteiger partial charge in [0.25, 0.3) is 0 Å². The number of nitrogens with zero attached hydrogens (tertiary/aromatic N) is 1. The monoisotopic (exact) mass is 284 g/mol. The van der Waals surface area contributed by atoms with Gasteiger partial charge in [0.1, 0.15) is 17.6 Å². The second kappa shape index (κ2) is 6.59. The fourth-order valence-corrected chi connectivity index (χ4v) is 2.55. The predicted octanol–water partition coefficient (Wildman–Crippen LogP) is 2.57. The average Bonchev–Trinajstić information content (AvgIpc) is 2.55. The Morgan fingerprint density at radius 2 is 2.14 bits per heavy atom. The van der Waals surface area contributed by atoms with Crippen molar-refractivity contribution in [1.82, 2.24) is 10.3 Å². The summed E-state index contributed by atoms with van der Waals surface area (Å²) in [4.78, 5) is 4.02. The Bertz CT molecular complexity index is 587. The van der Waals surface area contributed by atoms with E-state index in [1.165, 1.54) is 11.1 Å². The molecule has 2 aromatic rings. The van der Waals surface area contributed by atoms with Crippen LogP contribution in [0.15, 0.2) is 42.7 Å². The quantitative estimate of drug-likeness (QED) is 0.916. The summed E-state index contributed by atoms with van der Waals surface area (Å²) < 4.78 is 11.3. The van der Waals surface area contributed by atoms with Gasteiger partial charge in [-0.15, -0.1) is 0 Å². The molecule has 0 saturated heterocycles. The number of hydrogen-bond acceptors (Lipinski definition) is 4. The van der Waals surface area contributed by atoms with Crippen LogP contribution in [-0.4, -0.2) is 24.7 Å². The zero-order chi connectivity index (χ0) is 14.5. The summed E-state index contributed by atoms with van der Waals surface area (Å²) >= 11 is 0. The van der Waals surface area contributed by atoms with Crippen molar-refractivity contribution in [3.63, 3.8) is 0 Å². The lowest BCUT2D eigenvalue weighted by atomic mass is 10.0. The molecule has 0 spiro atoms. The van der Waals surface area contributed by atoms with Gasteiger partial charge in [0.05, 0.1) is 7.11 Å². The lowest BCUT2D eigenvalue weighted by Gasteiger charge is -2.26. The van der Waals surface area contributed by atoms with E-state index in [0.29, 0.717) is 0 Å². The molecule has 1 aromatic carbocycles. The number of benzene rings is 1. The predicted molar refractivity (Wildman–Crippen MR) is 81.7 cm³/mol. The third kappa shape index (κ3) is 3.52. The molecule has 110 valence electrons. The first-order chi connectivity index (χ1) is 10.3. The second-order valence-electron chi connectivity index (χ2n) is 5.24. The molecule has 2 heterocycles. The first-order valence-corrected chi connectivity index (χ1v) is 7.28. The van der Waals surface area contributed by atoms with Crippen LogP contribution in [0.1, 0.15) is 17.5 Å². The topological polar surface area (TPSA) is 43.4 Å². The summed E-state index contributed by atoms with van der Waals surface area (Å²) in [5, 5.41) is 3.45. The highest BCUT2D eigenvalue weighted by Gasteiger charge is 2.19. The van der Waals surface area contributed by atoms with Crippen molar-refractivity contribution in [1.29, 1.82) is 0 Å². The lowest BCUT2D eigenvalue weighted by Crippen LogP contribution is -2.33. The molecule has 1 aliphatic rings. The molecule has 4 nitrogen and oxygen atoms in total. The van der Waals surface area contributed by atoms with Crippen molar-refractivity contribution >= 4 is 0 Å². The Labute approximate surface area is 125 Å². The molecule has 1 aliphatic heterocycles. The second-order valence-corrected chi connectivity index (χ2v) is 5.24. The van der Waals surface area contributed by atoms with Crippen LogP contribution in [0.3, 0.4) is 0 Å². The minimum Gasteiger partial charge on any atom is -0.497 e. The van der Waals surface area contributed by atoms with E-state index in [9.17, 15) is 0 Å². The number of ether oxygens (including phenoxy) is 2. The molecule has 0 amide bonds. The van der Waals surface area contributed by atoms with Crippen LogP contribution in [-0.2, 0) is 13.0 Å². The smallest absolute Gasteiger partial charge is 0.126 e. The Morgan fingerprint density at radius 1 is 1.29 bits per heavy atom. The number of methoxy groups -OCH3 is 1. The number of hydrogen-bond donors (Lipinski definition) is 1. The molecule has 21 heavy (non-hydrogen) atoms. The van der Waals surface area contributed by atoms with Crippen LogP contribution in [0.2, 0.25) is 0 Å². The molecule has 0 aliphatic carbocycles. The molecule has 0 bridgehead atoms. The van der Waals surface area contributed by atoms with Crippen molar-refractivity contribution in [3.05, 3.63) is 53.9 Å². The maximum absolute atomic E-state index is 6.06. The van der Waals surface area contributed by atoms with Gasteiger partial charge in [0, 0.05) is 31.5 Å². The van der Waals surface area contributed by atoms with Crippen LogP contribution < -0.4 is 14.8 Å². The molecular weight excluding hydrogens is 264 g/mol. The highest BCUT2D eigenvalue weighted by atomic mass is 16.5. The Kier molecular flexibility index (Phi) is 4.36. The molecule has 1 atom stereocenters. The number of aryl methyl sites for hydroxylation is 1. The van der Waals surface area contributed by atoms with Crippen molar-refractivity contribution in [2.75, 3.05) is 13.7 Å². The van der Waals surface area contributed by atoms with Crippen LogP contribution in [0.5, 0.6) is 11.5 Å². The number of aromatic nitrogens is 1. The van der Waals surface area contributed by atoms with E-state index in [2.05, 4.69) is 16.4 Å². The van der Waals surface area contributed by atoms with Crippen molar-refractivity contribution < 1.29 is 9.47 Å². The van der Waals surface area contributed by atoms with E-state index in [1.807, 2.05) is 36.7 Å². The molecule has 0 saturated carbocycles. The number of nitrogens with one attached hydrogen (secondary N) is 1. The van der Waals surface area contributed by atoms with E-state index < -0.39 is 0 Å². The summed E-state index contributed by atoms with van der Waals surface area (Å²) in [6.07, 6.45) is 5.95. The maximum atomic E-state index is 6.06. The van der Waals surface area contributed by atoms with Crippen molar-refractivity contribution in [2.45, 2.75) is 25.5 Å². The Morgan fingerprint density at radius 3 is 2.95 bits per heavy atom. The van der Waals surface area contributed by atoms with Gasteiger partial charge in [-0.3, -0.25) is 4.98 Å². The van der Waals surface area contributed by atoms with Crippen LogP contribution in [0.4, 0.5) is 0 Å². The average molecular weight is 284 g/mol. The molecule has 3 rings (SSSR count). The van der Waals surface area contributed by atoms with Gasteiger partial charge in [-0.2, -0.15) is 0 Å². The minimum atomic E-state index is 0.214. The molecule has 1 N–H and O–H groups in total. The fourth-order valence-electron chi connectivity index (χ4n) is 2.55. The largest absolute Gasteiger partial charge is 0.497 e. The molecule has 4 heteroatoms. The van der Waals surface area contributed by atoms with Crippen LogP contribution in [0, 0.1) is 0 Å². The first-order valence-electron chi connectivity index (χ1n) is 7.28. The number of rotatable bonds is 5. The summed E-state index contributed by atoms with van der Waals surface area (Å²) in [5.41, 5.74) is 2.50. The summed E-state index contributed by atoms with van der Waals surface area (Å²) in [7, 11) is 1.68. The van der Waals surface area contributed by atoms with Crippen molar-refractivity contribution in [3.8, 4) is 11.5 Å². The molecule has 1 aromatic heterocycles. The Balaban J connectivity index is 1.54. The lowest BCUT2D eigenvalue weighted by molar-refractivity contribution is 0.169. The van der Waals surface area contributed by atoms with E-state index in [1.54, 1.807) is 7.11 Å². The third-order valence-corrected chi connectivity index (χ3v) is 3.75. The molecular formula is C17H20N2O2. The normalized spacial score (nSPS) is 16.9. The van der Waals surface area contributed by atoms with Gasteiger partial charge in [-0.25, -0.2) is 0 Å². The summed E-state index contributed by atoms with van der Waals surface area (Å²) in [6, 6.07) is 10.1. The zero-order valence-corrected chi connectivity index (χ0v) is 12.2. The Hall–Kier alpha value is -2.07. The first kappa shape index (κ1) is 13.9. The molecule has 0 fully saturated rings. The van der Waals surface area contributed by atoms with Gasteiger partial charge in [0.15, 0.2) is 0 Å². The molecule has 0 radical (unpaired) electrons. The highest BCUT2D eigenvalue weighted by molar-refractivity contribution is 5.42. The van der Waals surface area contributed by atoms with E-state index in [0.717, 1.165) is 37.4 Å². The van der Waals surface area contributed by atoms with Gasteiger partial charge in [-0.05, 0) is 42.2 Å². The highest BCUT2D eigenvalue weighted by Crippen LogP contribution is 2.31. The number of fused-ring (bicyclic) bond motifs is 1. The summed E-state index contributed by atoms with van der Waals surface area (Å²) in [5.74, 6) is 1.80. The van der Waals surface area contributed by atoms with Gasteiger partial charge in [0.2, 0.25) is 0 Å². The van der Waals surface area contributed by atoms with Crippen LogP contribution in [0.25, 0.3) is 0 Å². The fraction of sp³-hybridized carbons (Fsp3) is 0.353. The third-order valence-electron chi connectivity index (χ3n) is 3.75. The maximum Gasteiger partial charge on any atom is 0.126 e. The summed E-state index contributed by atoms with van der Waals surface area (Å²) in [6.45, 7) is 1.69. The SMILES string of the molecule is COc1ccc2c(c1)O[C@H](CNCc1ccncc1)CC2. The van der Waals surface area contributed by atoms with E-state index >= 15 is 0 Å². The zero-order valence-electron chi connectivity index (χ0n) is 12.2. The van der Waals surface area contributed by atoms with Crippen LogP contribution >= 0.6 is 0 Å².